The van der Waals surface area contributed by atoms with Crippen LogP contribution >= 0.6 is 11.5 Å². The van der Waals surface area contributed by atoms with E-state index in [-0.39, 0.29) is 27.7 Å². The van der Waals surface area contributed by atoms with E-state index < -0.39 is 11.2 Å². The van der Waals surface area contributed by atoms with Crippen molar-refractivity contribution in [2.45, 2.75) is 26.9 Å². The number of aromatic nitrogens is 3. The highest BCUT2D eigenvalue weighted by molar-refractivity contribution is 7.09. The van der Waals surface area contributed by atoms with Crippen LogP contribution in [0.5, 0.6) is 0 Å². The van der Waals surface area contributed by atoms with Crippen molar-refractivity contribution in [2.75, 3.05) is 7.05 Å². The van der Waals surface area contributed by atoms with Crippen LogP contribution in [0.25, 0.3) is 11.0 Å². The number of hydrogen-bond donors (Lipinski definition) is 1. The van der Waals surface area contributed by atoms with Gasteiger partial charge in [0, 0.05) is 20.1 Å². The molecule has 2 aromatic heterocycles. The largest absolute Gasteiger partial charge is 0.337 e. The normalized spacial score (nSPS) is 11.2. The molecule has 0 saturated heterocycles. The minimum atomic E-state index is -0.517. The summed E-state index contributed by atoms with van der Waals surface area (Å²) in [5.74, 6) is -0.138. The summed E-state index contributed by atoms with van der Waals surface area (Å²) in [4.78, 5) is 42.1. The summed E-state index contributed by atoms with van der Waals surface area (Å²) in [5, 5.41) is 0. The molecule has 0 aliphatic heterocycles. The number of nitrogens with zero attached hydrogens (tertiary/aromatic N) is 3. The first kappa shape index (κ1) is 18.1. The van der Waals surface area contributed by atoms with Crippen LogP contribution in [-0.2, 0) is 13.1 Å². The van der Waals surface area contributed by atoms with Gasteiger partial charge >= 0.3 is 5.69 Å². The van der Waals surface area contributed by atoms with Crippen LogP contribution in [0.2, 0.25) is 0 Å². The minimum absolute atomic E-state index is 0.131. The number of nitrogens with one attached hydrogen (secondary N) is 1. The lowest BCUT2D eigenvalue weighted by molar-refractivity contribution is 0.0791. The first-order valence-electron chi connectivity index (χ1n) is 8.30. The van der Waals surface area contributed by atoms with Gasteiger partial charge in [-0.1, -0.05) is 44.2 Å². The fourth-order valence-electron chi connectivity index (χ4n) is 2.73. The number of carbonyl (C=O) groups is 1. The number of amides is 1. The van der Waals surface area contributed by atoms with E-state index in [4.69, 9.17) is 0 Å². The van der Waals surface area contributed by atoms with Crippen LogP contribution in [0.15, 0.2) is 39.9 Å². The predicted octanol–water partition coefficient (Wildman–Crippen LogP) is 2.07. The minimum Gasteiger partial charge on any atom is -0.337 e. The highest BCUT2D eigenvalue weighted by atomic mass is 32.1. The van der Waals surface area contributed by atoms with Crippen molar-refractivity contribution in [3.8, 4) is 0 Å². The number of benzene rings is 1. The molecule has 0 aliphatic rings. The Labute approximate surface area is 154 Å². The smallest absolute Gasteiger partial charge is 0.328 e. The number of rotatable bonds is 5. The van der Waals surface area contributed by atoms with Crippen molar-refractivity contribution in [3.63, 3.8) is 0 Å². The fourth-order valence-corrected chi connectivity index (χ4v) is 3.55. The summed E-state index contributed by atoms with van der Waals surface area (Å²) in [5.41, 5.74) is 0.362. The van der Waals surface area contributed by atoms with Gasteiger partial charge in [0.2, 0.25) is 0 Å². The molecule has 1 amide bonds. The molecular weight excluding hydrogens is 352 g/mol. The molecule has 3 aromatic rings. The lowest BCUT2D eigenvalue weighted by Gasteiger charge is -2.16. The topological polar surface area (TPSA) is 88.1 Å². The summed E-state index contributed by atoms with van der Waals surface area (Å²) in [6.07, 6.45) is 0. The molecule has 1 aromatic carbocycles. The average molecular weight is 372 g/mol. The first-order chi connectivity index (χ1) is 12.4. The maximum atomic E-state index is 12.8. The monoisotopic (exact) mass is 372 g/mol. The Morgan fingerprint density at radius 3 is 2.62 bits per heavy atom. The van der Waals surface area contributed by atoms with Gasteiger partial charge in [0.15, 0.2) is 5.52 Å². The number of aromatic amines is 1. The van der Waals surface area contributed by atoms with Gasteiger partial charge in [-0.15, -0.1) is 0 Å². The van der Waals surface area contributed by atoms with E-state index in [2.05, 4.69) is 9.36 Å². The zero-order chi connectivity index (χ0) is 18.8. The fraction of sp³-hybridized carbons (Fsp3) is 0.333. The molecular formula is C18H20N4O3S. The van der Waals surface area contributed by atoms with Gasteiger partial charge in [0.1, 0.15) is 4.88 Å². The Hall–Kier alpha value is -2.74. The second-order valence-electron chi connectivity index (χ2n) is 6.62. The third-order valence-corrected chi connectivity index (χ3v) is 4.80. The molecule has 0 atom stereocenters. The summed E-state index contributed by atoms with van der Waals surface area (Å²) in [6, 6.07) is 9.59. The molecule has 0 bridgehead atoms. The van der Waals surface area contributed by atoms with Crippen LogP contribution in [0, 0.1) is 5.92 Å². The van der Waals surface area contributed by atoms with Crippen molar-refractivity contribution < 1.29 is 4.79 Å². The van der Waals surface area contributed by atoms with Crippen LogP contribution in [0.3, 0.4) is 0 Å². The molecule has 26 heavy (non-hydrogen) atoms. The predicted molar refractivity (Wildman–Crippen MR) is 102 cm³/mol. The molecule has 136 valence electrons. The average Bonchev–Trinajstić information content (AvgIpc) is 3.02. The van der Waals surface area contributed by atoms with E-state index in [1.165, 1.54) is 0 Å². The van der Waals surface area contributed by atoms with Gasteiger partial charge in [0.25, 0.3) is 11.5 Å². The Morgan fingerprint density at radius 1 is 1.27 bits per heavy atom. The van der Waals surface area contributed by atoms with E-state index in [9.17, 15) is 14.4 Å². The van der Waals surface area contributed by atoms with Crippen molar-refractivity contribution in [3.05, 3.63) is 61.6 Å². The van der Waals surface area contributed by atoms with E-state index in [1.807, 2.05) is 44.2 Å². The van der Waals surface area contributed by atoms with Crippen LogP contribution in [0.4, 0.5) is 0 Å². The highest BCUT2D eigenvalue weighted by Gasteiger charge is 2.22. The summed E-state index contributed by atoms with van der Waals surface area (Å²) in [6.45, 7) is 4.57. The standard InChI is InChI=1S/C18H20N4O3S/c1-11(2)9-22-16(23)14-13(19-18(22)25)15(26-20-14)17(24)21(3)10-12-7-5-4-6-8-12/h4-8,11H,9-10H2,1-3H3,(H,19,25). The number of carbonyl (C=O) groups excluding carboxylic acids is 1. The first-order valence-corrected chi connectivity index (χ1v) is 9.07. The lowest BCUT2D eigenvalue weighted by atomic mass is 10.2. The van der Waals surface area contributed by atoms with Gasteiger partial charge in [-0.3, -0.25) is 14.2 Å². The molecule has 7 nitrogen and oxygen atoms in total. The zero-order valence-electron chi connectivity index (χ0n) is 14.9. The van der Waals surface area contributed by atoms with Crippen LogP contribution < -0.4 is 11.2 Å². The molecule has 0 saturated carbocycles. The van der Waals surface area contributed by atoms with Gasteiger partial charge in [0.05, 0.1) is 5.52 Å². The maximum absolute atomic E-state index is 12.8. The molecule has 0 radical (unpaired) electrons. The third-order valence-electron chi connectivity index (χ3n) is 3.97. The van der Waals surface area contributed by atoms with Crippen LogP contribution in [-0.4, -0.2) is 31.8 Å². The molecule has 0 fully saturated rings. The van der Waals surface area contributed by atoms with Crippen molar-refractivity contribution in [1.82, 2.24) is 18.8 Å². The zero-order valence-corrected chi connectivity index (χ0v) is 15.7. The van der Waals surface area contributed by atoms with E-state index >= 15 is 0 Å². The second kappa shape index (κ2) is 7.25. The molecule has 2 heterocycles. The Bertz CT molecular complexity index is 1050. The van der Waals surface area contributed by atoms with Gasteiger partial charge in [-0.2, -0.15) is 4.37 Å². The van der Waals surface area contributed by atoms with Crippen molar-refractivity contribution >= 4 is 28.5 Å². The summed E-state index contributed by atoms with van der Waals surface area (Å²) >= 11 is 0.936. The molecule has 8 heteroatoms. The number of fused-ring (bicyclic) bond motifs is 1. The summed E-state index contributed by atoms with van der Waals surface area (Å²) < 4.78 is 5.26. The number of hydrogen-bond acceptors (Lipinski definition) is 5. The third kappa shape index (κ3) is 3.45. The number of H-pyrrole nitrogens is 1. The Kier molecular flexibility index (Phi) is 5.03. The quantitative estimate of drug-likeness (QED) is 0.743. The Balaban J connectivity index is 1.97. The van der Waals surface area contributed by atoms with E-state index in [0.717, 1.165) is 21.7 Å². The maximum Gasteiger partial charge on any atom is 0.328 e. The van der Waals surface area contributed by atoms with Crippen LogP contribution in [0.1, 0.15) is 29.1 Å². The van der Waals surface area contributed by atoms with E-state index in [1.54, 1.807) is 11.9 Å². The lowest BCUT2D eigenvalue weighted by Crippen LogP contribution is -2.36. The van der Waals surface area contributed by atoms with E-state index in [0.29, 0.717) is 13.1 Å². The molecule has 0 unspecified atom stereocenters. The Morgan fingerprint density at radius 2 is 1.96 bits per heavy atom. The molecule has 0 spiro atoms. The molecule has 0 aliphatic carbocycles. The van der Waals surface area contributed by atoms with Gasteiger partial charge < -0.3 is 9.88 Å². The van der Waals surface area contributed by atoms with Crippen molar-refractivity contribution in [1.29, 1.82) is 0 Å². The van der Waals surface area contributed by atoms with Crippen molar-refractivity contribution in [2.24, 2.45) is 5.92 Å². The SMILES string of the molecule is CC(C)Cn1c(=O)[nH]c2c(C(=O)N(C)Cc3ccccc3)snc2c1=O. The van der Waals surface area contributed by atoms with Gasteiger partial charge in [-0.25, -0.2) is 4.79 Å². The second-order valence-corrected chi connectivity index (χ2v) is 7.40. The molecule has 3 rings (SSSR count). The molecule has 1 N–H and O–H groups in total. The highest BCUT2D eigenvalue weighted by Crippen LogP contribution is 2.19. The summed E-state index contributed by atoms with van der Waals surface area (Å²) in [7, 11) is 1.68. The van der Waals surface area contributed by atoms with Gasteiger partial charge in [-0.05, 0) is 23.0 Å².